The molecule has 1 heterocycles. The average molecular weight is 217 g/mol. The molecule has 1 atom stereocenters. The summed E-state index contributed by atoms with van der Waals surface area (Å²) in [5.74, 6) is 0.573. The van der Waals surface area contributed by atoms with Crippen molar-refractivity contribution < 1.29 is 4.74 Å². The Hall–Kier alpha value is -1.28. The Bertz CT molecular complexity index is 458. The van der Waals surface area contributed by atoms with E-state index >= 15 is 0 Å². The van der Waals surface area contributed by atoms with Gasteiger partial charge in [-0.2, -0.15) is 0 Å². The second-order valence-corrected chi connectivity index (χ2v) is 4.61. The highest BCUT2D eigenvalue weighted by Crippen LogP contribution is 2.20. The SMILES string of the molecule is CC(C)COC(C)n1ccc2ccccc21. The summed E-state index contributed by atoms with van der Waals surface area (Å²) in [6.07, 6.45) is 2.19. The van der Waals surface area contributed by atoms with Crippen molar-refractivity contribution in [1.29, 1.82) is 0 Å². The summed E-state index contributed by atoms with van der Waals surface area (Å²) in [6.45, 7) is 7.23. The third-order valence-electron chi connectivity index (χ3n) is 2.69. The van der Waals surface area contributed by atoms with E-state index in [9.17, 15) is 0 Å². The quantitative estimate of drug-likeness (QED) is 0.759. The molecule has 2 rings (SSSR count). The van der Waals surface area contributed by atoms with E-state index in [1.807, 2.05) is 0 Å². The van der Waals surface area contributed by atoms with E-state index in [0.717, 1.165) is 6.61 Å². The number of ether oxygens (including phenoxy) is 1. The van der Waals surface area contributed by atoms with Crippen LogP contribution in [0.4, 0.5) is 0 Å². The minimum atomic E-state index is 0.0994. The average Bonchev–Trinajstić information content (AvgIpc) is 2.69. The van der Waals surface area contributed by atoms with Crippen LogP contribution in [0.25, 0.3) is 10.9 Å². The van der Waals surface area contributed by atoms with Gasteiger partial charge in [0.05, 0.1) is 12.1 Å². The number of aromatic nitrogens is 1. The topological polar surface area (TPSA) is 14.2 Å². The molecular formula is C14H19NO. The Kier molecular flexibility index (Phi) is 3.30. The summed E-state index contributed by atoms with van der Waals surface area (Å²) < 4.78 is 8.00. The molecule has 0 saturated carbocycles. The summed E-state index contributed by atoms with van der Waals surface area (Å²) in [4.78, 5) is 0. The third-order valence-corrected chi connectivity index (χ3v) is 2.69. The monoisotopic (exact) mass is 217 g/mol. The van der Waals surface area contributed by atoms with Gasteiger partial charge in [-0.3, -0.25) is 0 Å². The van der Waals surface area contributed by atoms with Crippen LogP contribution in [-0.2, 0) is 4.74 Å². The molecule has 0 aliphatic heterocycles. The lowest BCUT2D eigenvalue weighted by atomic mass is 10.2. The number of para-hydroxylation sites is 1. The molecule has 0 radical (unpaired) electrons. The number of hydrogen-bond acceptors (Lipinski definition) is 1. The molecule has 0 N–H and O–H groups in total. The molecule has 0 amide bonds. The molecule has 0 aliphatic rings. The molecule has 2 nitrogen and oxygen atoms in total. The van der Waals surface area contributed by atoms with Crippen molar-refractivity contribution in [2.45, 2.75) is 27.0 Å². The fraction of sp³-hybridized carbons (Fsp3) is 0.429. The lowest BCUT2D eigenvalue weighted by Gasteiger charge is -2.17. The van der Waals surface area contributed by atoms with E-state index in [1.165, 1.54) is 10.9 Å². The first-order chi connectivity index (χ1) is 7.68. The zero-order valence-electron chi connectivity index (χ0n) is 10.2. The molecule has 0 aliphatic carbocycles. The zero-order valence-corrected chi connectivity index (χ0v) is 10.2. The van der Waals surface area contributed by atoms with E-state index in [1.54, 1.807) is 0 Å². The molecule has 0 fully saturated rings. The lowest BCUT2D eigenvalue weighted by molar-refractivity contribution is 0.00420. The Morgan fingerprint density at radius 2 is 1.88 bits per heavy atom. The van der Waals surface area contributed by atoms with E-state index in [0.29, 0.717) is 5.92 Å². The normalized spacial score (nSPS) is 13.5. The van der Waals surface area contributed by atoms with Gasteiger partial charge in [0, 0.05) is 6.20 Å². The molecule has 86 valence electrons. The number of nitrogens with zero attached hydrogens (tertiary/aromatic N) is 1. The Morgan fingerprint density at radius 3 is 2.62 bits per heavy atom. The minimum Gasteiger partial charge on any atom is -0.358 e. The van der Waals surface area contributed by atoms with E-state index < -0.39 is 0 Å². The molecule has 2 heteroatoms. The van der Waals surface area contributed by atoms with Crippen LogP contribution >= 0.6 is 0 Å². The van der Waals surface area contributed by atoms with Crippen molar-refractivity contribution in [3.63, 3.8) is 0 Å². The van der Waals surface area contributed by atoms with Gasteiger partial charge < -0.3 is 9.30 Å². The molecule has 1 aromatic heterocycles. The molecular weight excluding hydrogens is 198 g/mol. The maximum atomic E-state index is 5.82. The second-order valence-electron chi connectivity index (χ2n) is 4.61. The summed E-state index contributed by atoms with van der Waals surface area (Å²) in [6, 6.07) is 10.5. The number of benzene rings is 1. The summed E-state index contributed by atoms with van der Waals surface area (Å²) in [7, 11) is 0. The van der Waals surface area contributed by atoms with Gasteiger partial charge in [0.15, 0.2) is 0 Å². The molecule has 16 heavy (non-hydrogen) atoms. The maximum absolute atomic E-state index is 5.82. The lowest BCUT2D eigenvalue weighted by Crippen LogP contribution is -2.11. The maximum Gasteiger partial charge on any atom is 0.131 e. The fourth-order valence-electron chi connectivity index (χ4n) is 1.83. The Balaban J connectivity index is 2.19. The van der Waals surface area contributed by atoms with Crippen LogP contribution in [0.5, 0.6) is 0 Å². The van der Waals surface area contributed by atoms with Gasteiger partial charge in [-0.05, 0) is 30.4 Å². The van der Waals surface area contributed by atoms with Gasteiger partial charge >= 0.3 is 0 Å². The summed E-state index contributed by atoms with van der Waals surface area (Å²) in [5, 5.41) is 1.27. The van der Waals surface area contributed by atoms with Gasteiger partial charge in [-0.25, -0.2) is 0 Å². The van der Waals surface area contributed by atoms with E-state index in [4.69, 9.17) is 4.74 Å². The molecule has 2 aromatic rings. The number of fused-ring (bicyclic) bond motifs is 1. The minimum absolute atomic E-state index is 0.0994. The van der Waals surface area contributed by atoms with Crippen LogP contribution in [0.2, 0.25) is 0 Å². The summed E-state index contributed by atoms with van der Waals surface area (Å²) >= 11 is 0. The highest BCUT2D eigenvalue weighted by Gasteiger charge is 2.08. The Labute approximate surface area is 96.8 Å². The molecule has 1 unspecified atom stereocenters. The third kappa shape index (κ3) is 2.27. The summed E-state index contributed by atoms with van der Waals surface area (Å²) in [5.41, 5.74) is 1.23. The fourth-order valence-corrected chi connectivity index (χ4v) is 1.83. The van der Waals surface area contributed by atoms with E-state index in [-0.39, 0.29) is 6.23 Å². The number of rotatable bonds is 4. The first-order valence-corrected chi connectivity index (χ1v) is 5.85. The smallest absolute Gasteiger partial charge is 0.131 e. The largest absolute Gasteiger partial charge is 0.358 e. The second kappa shape index (κ2) is 4.71. The first-order valence-electron chi connectivity index (χ1n) is 5.85. The van der Waals surface area contributed by atoms with Crippen LogP contribution < -0.4 is 0 Å². The van der Waals surface area contributed by atoms with Gasteiger partial charge in [-0.1, -0.05) is 32.0 Å². The van der Waals surface area contributed by atoms with Crippen molar-refractivity contribution in [2.24, 2.45) is 5.92 Å². The zero-order chi connectivity index (χ0) is 11.5. The van der Waals surface area contributed by atoms with Gasteiger partial charge in [0.2, 0.25) is 0 Å². The standard InChI is InChI=1S/C14H19NO/c1-11(2)10-16-12(3)15-9-8-13-6-4-5-7-14(13)15/h4-9,11-12H,10H2,1-3H3. The van der Waals surface area contributed by atoms with Crippen molar-refractivity contribution in [3.05, 3.63) is 36.5 Å². The van der Waals surface area contributed by atoms with Crippen molar-refractivity contribution in [3.8, 4) is 0 Å². The van der Waals surface area contributed by atoms with Gasteiger partial charge in [-0.15, -0.1) is 0 Å². The van der Waals surface area contributed by atoms with E-state index in [2.05, 4.69) is 61.9 Å². The molecule has 0 saturated heterocycles. The van der Waals surface area contributed by atoms with Crippen LogP contribution in [0, 0.1) is 5.92 Å². The van der Waals surface area contributed by atoms with Crippen molar-refractivity contribution in [2.75, 3.05) is 6.61 Å². The highest BCUT2D eigenvalue weighted by atomic mass is 16.5. The number of hydrogen-bond donors (Lipinski definition) is 0. The van der Waals surface area contributed by atoms with Gasteiger partial charge in [0.1, 0.15) is 6.23 Å². The molecule has 0 bridgehead atoms. The molecule has 0 spiro atoms. The predicted octanol–water partition coefficient (Wildman–Crippen LogP) is 3.83. The van der Waals surface area contributed by atoms with Crippen LogP contribution in [0.15, 0.2) is 36.5 Å². The highest BCUT2D eigenvalue weighted by molar-refractivity contribution is 5.79. The first kappa shape index (κ1) is 11.2. The van der Waals surface area contributed by atoms with Crippen molar-refractivity contribution in [1.82, 2.24) is 4.57 Å². The van der Waals surface area contributed by atoms with Crippen LogP contribution in [0.1, 0.15) is 27.0 Å². The van der Waals surface area contributed by atoms with Crippen LogP contribution in [-0.4, -0.2) is 11.2 Å². The molecule has 1 aromatic carbocycles. The van der Waals surface area contributed by atoms with Gasteiger partial charge in [0.25, 0.3) is 0 Å². The Morgan fingerprint density at radius 1 is 1.12 bits per heavy atom. The van der Waals surface area contributed by atoms with Crippen molar-refractivity contribution >= 4 is 10.9 Å². The predicted molar refractivity (Wildman–Crippen MR) is 67.4 cm³/mol. The van der Waals surface area contributed by atoms with Crippen LogP contribution in [0.3, 0.4) is 0 Å².